The van der Waals surface area contributed by atoms with Crippen molar-refractivity contribution in [2.75, 3.05) is 13.1 Å². The summed E-state index contributed by atoms with van der Waals surface area (Å²) in [6.07, 6.45) is 5.84. The van der Waals surface area contributed by atoms with Crippen LogP contribution >= 0.6 is 11.6 Å². The molecule has 27 heavy (non-hydrogen) atoms. The SMILES string of the molecule is O=c1[nH]c2ccccc2n1C1CCN(Cc2cn3cc(Cl)ccc3n2)CC1. The molecule has 4 aromatic rings. The summed E-state index contributed by atoms with van der Waals surface area (Å²) < 4.78 is 3.90. The number of nitrogens with zero attached hydrogens (tertiary/aromatic N) is 4. The highest BCUT2D eigenvalue weighted by molar-refractivity contribution is 6.30. The van der Waals surface area contributed by atoms with Gasteiger partial charge in [0.15, 0.2) is 0 Å². The second-order valence-electron chi connectivity index (χ2n) is 7.17. The Morgan fingerprint density at radius 1 is 1.11 bits per heavy atom. The number of halogens is 1. The van der Waals surface area contributed by atoms with Crippen molar-refractivity contribution in [3.05, 3.63) is 70.0 Å². The van der Waals surface area contributed by atoms with Crippen molar-refractivity contribution in [2.45, 2.75) is 25.4 Å². The summed E-state index contributed by atoms with van der Waals surface area (Å²) in [6, 6.07) is 11.9. The van der Waals surface area contributed by atoms with E-state index in [1.54, 1.807) is 0 Å². The lowest BCUT2D eigenvalue weighted by Gasteiger charge is -2.32. The molecular formula is C20H20ClN5O. The predicted octanol–water partition coefficient (Wildman–Crippen LogP) is 3.47. The first-order valence-electron chi connectivity index (χ1n) is 9.22. The minimum Gasteiger partial charge on any atom is -0.306 e. The van der Waals surface area contributed by atoms with Crippen LogP contribution in [0.5, 0.6) is 0 Å². The summed E-state index contributed by atoms with van der Waals surface area (Å²) >= 11 is 6.05. The van der Waals surface area contributed by atoms with Gasteiger partial charge in [-0.05, 0) is 37.1 Å². The van der Waals surface area contributed by atoms with Crippen molar-refractivity contribution in [1.82, 2.24) is 23.8 Å². The summed E-state index contributed by atoms with van der Waals surface area (Å²) in [6.45, 7) is 2.71. The third kappa shape index (κ3) is 3.05. The third-order valence-corrected chi connectivity index (χ3v) is 5.62. The molecular weight excluding hydrogens is 362 g/mol. The van der Waals surface area contributed by atoms with Crippen LogP contribution in [-0.2, 0) is 6.54 Å². The second-order valence-corrected chi connectivity index (χ2v) is 7.61. The van der Waals surface area contributed by atoms with E-state index in [1.165, 1.54) is 0 Å². The van der Waals surface area contributed by atoms with Gasteiger partial charge in [-0.25, -0.2) is 9.78 Å². The van der Waals surface area contributed by atoms with E-state index in [9.17, 15) is 4.79 Å². The average molecular weight is 382 g/mol. The molecule has 0 spiro atoms. The predicted molar refractivity (Wildman–Crippen MR) is 106 cm³/mol. The normalized spacial score (nSPS) is 16.5. The zero-order valence-electron chi connectivity index (χ0n) is 14.8. The van der Waals surface area contributed by atoms with Crippen LogP contribution in [0, 0.1) is 0 Å². The van der Waals surface area contributed by atoms with E-state index in [0.29, 0.717) is 5.02 Å². The quantitative estimate of drug-likeness (QED) is 0.591. The number of benzene rings is 1. The van der Waals surface area contributed by atoms with Crippen molar-refractivity contribution in [3.63, 3.8) is 0 Å². The molecule has 1 N–H and O–H groups in total. The van der Waals surface area contributed by atoms with Crippen LogP contribution in [0.1, 0.15) is 24.6 Å². The first-order valence-corrected chi connectivity index (χ1v) is 9.60. The van der Waals surface area contributed by atoms with E-state index in [4.69, 9.17) is 11.6 Å². The van der Waals surface area contributed by atoms with Crippen molar-refractivity contribution >= 4 is 28.3 Å². The van der Waals surface area contributed by atoms with Gasteiger partial charge in [0, 0.05) is 38.1 Å². The molecule has 0 saturated carbocycles. The maximum atomic E-state index is 12.4. The molecule has 0 unspecified atom stereocenters. The third-order valence-electron chi connectivity index (χ3n) is 5.40. The highest BCUT2D eigenvalue weighted by Gasteiger charge is 2.24. The van der Waals surface area contributed by atoms with E-state index in [-0.39, 0.29) is 11.7 Å². The lowest BCUT2D eigenvalue weighted by atomic mass is 10.0. The van der Waals surface area contributed by atoms with Crippen LogP contribution in [0.3, 0.4) is 0 Å². The van der Waals surface area contributed by atoms with Gasteiger partial charge in [-0.3, -0.25) is 9.47 Å². The summed E-state index contributed by atoms with van der Waals surface area (Å²) in [7, 11) is 0. The molecule has 0 atom stereocenters. The Labute approximate surface area is 161 Å². The molecule has 3 aromatic heterocycles. The fourth-order valence-electron chi connectivity index (χ4n) is 4.09. The first-order chi connectivity index (χ1) is 13.2. The Morgan fingerprint density at radius 3 is 2.78 bits per heavy atom. The number of pyridine rings is 1. The van der Waals surface area contributed by atoms with Crippen LogP contribution in [0.4, 0.5) is 0 Å². The number of piperidine rings is 1. The fourth-order valence-corrected chi connectivity index (χ4v) is 4.26. The van der Waals surface area contributed by atoms with E-state index in [1.807, 2.05) is 57.8 Å². The van der Waals surface area contributed by atoms with Crippen molar-refractivity contribution in [3.8, 4) is 0 Å². The van der Waals surface area contributed by atoms with Gasteiger partial charge in [0.2, 0.25) is 0 Å². The lowest BCUT2D eigenvalue weighted by Crippen LogP contribution is -2.36. The number of hydrogen-bond acceptors (Lipinski definition) is 3. The van der Waals surface area contributed by atoms with Gasteiger partial charge >= 0.3 is 5.69 Å². The number of imidazole rings is 2. The molecule has 0 bridgehead atoms. The van der Waals surface area contributed by atoms with Crippen LogP contribution in [0.15, 0.2) is 53.6 Å². The Kier molecular flexibility index (Phi) is 4.02. The number of aromatic nitrogens is 4. The standard InChI is InChI=1S/C20H20ClN5O/c21-14-5-6-19-22-15(13-25(19)11-14)12-24-9-7-16(8-10-24)26-18-4-2-1-3-17(18)23-20(26)27/h1-6,11,13,16H,7-10,12H2,(H,23,27). The van der Waals surface area contributed by atoms with Crippen molar-refractivity contribution in [1.29, 1.82) is 0 Å². The van der Waals surface area contributed by atoms with Gasteiger partial charge in [0.05, 0.1) is 21.7 Å². The Morgan fingerprint density at radius 2 is 1.93 bits per heavy atom. The number of fused-ring (bicyclic) bond motifs is 2. The Hall–Kier alpha value is -2.57. The van der Waals surface area contributed by atoms with E-state index in [0.717, 1.165) is 54.9 Å². The summed E-state index contributed by atoms with van der Waals surface area (Å²) in [5, 5.41) is 0.705. The lowest BCUT2D eigenvalue weighted by molar-refractivity contribution is 0.178. The second kappa shape index (κ2) is 6.55. The summed E-state index contributed by atoms with van der Waals surface area (Å²) in [5.41, 5.74) is 3.85. The topological polar surface area (TPSA) is 58.3 Å². The van der Waals surface area contributed by atoms with Gasteiger partial charge in [0.25, 0.3) is 0 Å². The molecule has 1 saturated heterocycles. The van der Waals surface area contributed by atoms with E-state index < -0.39 is 0 Å². The average Bonchev–Trinajstić information content (AvgIpc) is 3.21. The minimum absolute atomic E-state index is 0.00752. The molecule has 6 nitrogen and oxygen atoms in total. The molecule has 1 aromatic carbocycles. The van der Waals surface area contributed by atoms with Gasteiger partial charge < -0.3 is 9.38 Å². The van der Waals surface area contributed by atoms with Gasteiger partial charge in [-0.2, -0.15) is 0 Å². The van der Waals surface area contributed by atoms with Crippen LogP contribution in [0.2, 0.25) is 5.02 Å². The van der Waals surface area contributed by atoms with E-state index in [2.05, 4.69) is 14.9 Å². The number of para-hydroxylation sites is 2. The van der Waals surface area contributed by atoms with Crippen LogP contribution in [-0.4, -0.2) is 36.9 Å². The molecule has 4 heterocycles. The van der Waals surface area contributed by atoms with Gasteiger partial charge in [0.1, 0.15) is 5.65 Å². The largest absolute Gasteiger partial charge is 0.326 e. The smallest absolute Gasteiger partial charge is 0.306 e. The number of nitrogens with one attached hydrogen (secondary N) is 1. The monoisotopic (exact) mass is 381 g/mol. The Bertz CT molecular complexity index is 1170. The molecule has 1 fully saturated rings. The summed E-state index contributed by atoms with van der Waals surface area (Å²) in [5.74, 6) is 0. The summed E-state index contributed by atoms with van der Waals surface area (Å²) in [4.78, 5) is 22.4. The maximum Gasteiger partial charge on any atom is 0.326 e. The van der Waals surface area contributed by atoms with Crippen LogP contribution < -0.4 is 5.69 Å². The molecule has 0 amide bonds. The molecule has 0 radical (unpaired) electrons. The highest BCUT2D eigenvalue weighted by Crippen LogP contribution is 2.25. The molecule has 5 rings (SSSR count). The molecule has 138 valence electrons. The number of rotatable bonds is 3. The maximum absolute atomic E-state index is 12.4. The van der Waals surface area contributed by atoms with Crippen molar-refractivity contribution in [2.24, 2.45) is 0 Å². The number of H-pyrrole nitrogens is 1. The number of aromatic amines is 1. The minimum atomic E-state index is -0.00752. The van der Waals surface area contributed by atoms with Gasteiger partial charge in [-0.15, -0.1) is 0 Å². The van der Waals surface area contributed by atoms with Gasteiger partial charge in [-0.1, -0.05) is 23.7 Å². The van der Waals surface area contributed by atoms with E-state index >= 15 is 0 Å². The zero-order valence-corrected chi connectivity index (χ0v) is 15.6. The number of likely N-dealkylation sites (tertiary alicyclic amines) is 1. The first kappa shape index (κ1) is 16.6. The Balaban J connectivity index is 1.31. The highest BCUT2D eigenvalue weighted by atomic mass is 35.5. The molecule has 0 aliphatic carbocycles. The van der Waals surface area contributed by atoms with Crippen LogP contribution in [0.25, 0.3) is 16.7 Å². The van der Waals surface area contributed by atoms with Crippen molar-refractivity contribution < 1.29 is 0 Å². The fraction of sp³-hybridized carbons (Fsp3) is 0.300. The molecule has 7 heteroatoms. The molecule has 1 aliphatic heterocycles. The molecule has 1 aliphatic rings. The number of hydrogen-bond donors (Lipinski definition) is 1. The zero-order chi connectivity index (χ0) is 18.4.